The van der Waals surface area contributed by atoms with Gasteiger partial charge in [-0.3, -0.25) is 4.79 Å². The molecular formula is C10H19NO. The third-order valence-electron chi connectivity index (χ3n) is 1.83. The molecule has 0 bridgehead atoms. The zero-order valence-corrected chi connectivity index (χ0v) is 8.10. The van der Waals surface area contributed by atoms with E-state index in [9.17, 15) is 4.79 Å². The molecule has 0 aliphatic rings. The van der Waals surface area contributed by atoms with Crippen LogP contribution < -0.4 is 5.73 Å². The Balaban J connectivity index is 3.53. The molecule has 70 valence electrons. The lowest BCUT2D eigenvalue weighted by molar-refractivity contribution is -0.118. The fourth-order valence-electron chi connectivity index (χ4n) is 0.881. The van der Waals surface area contributed by atoms with Gasteiger partial charge in [0.2, 0.25) is 0 Å². The molecule has 0 aliphatic heterocycles. The molecule has 0 saturated heterocycles. The van der Waals surface area contributed by atoms with Crippen molar-refractivity contribution in [1.82, 2.24) is 0 Å². The number of rotatable bonds is 6. The van der Waals surface area contributed by atoms with E-state index in [0.29, 0.717) is 12.8 Å². The number of hydrogen-bond acceptors (Lipinski definition) is 2. The molecule has 2 N–H and O–H groups in total. The van der Waals surface area contributed by atoms with Gasteiger partial charge in [0.1, 0.15) is 5.78 Å². The second-order valence-corrected chi connectivity index (χ2v) is 3.33. The van der Waals surface area contributed by atoms with Gasteiger partial charge in [0.15, 0.2) is 0 Å². The second kappa shape index (κ2) is 5.95. The fraction of sp³-hybridized carbons (Fsp3) is 0.700. The van der Waals surface area contributed by atoms with E-state index in [2.05, 4.69) is 6.58 Å². The van der Waals surface area contributed by atoms with Gasteiger partial charge >= 0.3 is 0 Å². The van der Waals surface area contributed by atoms with Crippen molar-refractivity contribution in [1.29, 1.82) is 0 Å². The predicted octanol–water partition coefficient (Wildman–Crippen LogP) is 2.04. The minimum absolute atomic E-state index is 0.129. The molecule has 0 spiro atoms. The lowest BCUT2D eigenvalue weighted by atomic mass is 10.0. The van der Waals surface area contributed by atoms with E-state index in [0.717, 1.165) is 18.4 Å². The van der Waals surface area contributed by atoms with Crippen LogP contribution in [0.1, 0.15) is 39.5 Å². The standard InChI is InChI=1S/C10H19NO/c1-4-8(2)7-10(12)6-5-9(3)11/h9H,2,4-7,11H2,1,3H3. The molecule has 0 fully saturated rings. The summed E-state index contributed by atoms with van der Waals surface area (Å²) in [6.45, 7) is 7.72. The average Bonchev–Trinajstić information content (AvgIpc) is 2.00. The summed E-state index contributed by atoms with van der Waals surface area (Å²) in [5.74, 6) is 0.263. The number of carbonyl (C=O) groups excluding carboxylic acids is 1. The topological polar surface area (TPSA) is 43.1 Å². The number of nitrogens with two attached hydrogens (primary N) is 1. The number of carbonyl (C=O) groups is 1. The van der Waals surface area contributed by atoms with Crippen molar-refractivity contribution < 1.29 is 4.79 Å². The van der Waals surface area contributed by atoms with Crippen LogP contribution in [0.3, 0.4) is 0 Å². The molecule has 0 heterocycles. The molecule has 0 aliphatic carbocycles. The Morgan fingerprint density at radius 3 is 2.58 bits per heavy atom. The van der Waals surface area contributed by atoms with E-state index in [4.69, 9.17) is 5.73 Å². The minimum Gasteiger partial charge on any atom is -0.328 e. The highest BCUT2D eigenvalue weighted by Gasteiger charge is 2.04. The highest BCUT2D eigenvalue weighted by molar-refractivity contribution is 5.80. The zero-order valence-electron chi connectivity index (χ0n) is 8.10. The smallest absolute Gasteiger partial charge is 0.136 e. The van der Waals surface area contributed by atoms with Crippen LogP contribution in [0, 0.1) is 0 Å². The highest BCUT2D eigenvalue weighted by atomic mass is 16.1. The van der Waals surface area contributed by atoms with E-state index < -0.39 is 0 Å². The zero-order chi connectivity index (χ0) is 9.56. The van der Waals surface area contributed by atoms with E-state index in [1.807, 2.05) is 13.8 Å². The number of hydrogen-bond donors (Lipinski definition) is 1. The maximum absolute atomic E-state index is 11.2. The van der Waals surface area contributed by atoms with Gasteiger partial charge in [-0.1, -0.05) is 19.1 Å². The molecule has 0 amide bonds. The summed E-state index contributed by atoms with van der Waals surface area (Å²) in [6, 6.07) is 0.129. The van der Waals surface area contributed by atoms with Crippen molar-refractivity contribution >= 4 is 5.78 Å². The SMILES string of the molecule is C=C(CC)CC(=O)CCC(C)N. The number of allylic oxidation sites excluding steroid dienone is 1. The molecule has 0 saturated carbocycles. The Morgan fingerprint density at radius 2 is 2.17 bits per heavy atom. The quantitative estimate of drug-likeness (QED) is 0.618. The largest absolute Gasteiger partial charge is 0.328 e. The summed E-state index contributed by atoms with van der Waals surface area (Å²) < 4.78 is 0. The minimum atomic E-state index is 0.129. The molecule has 0 aromatic heterocycles. The van der Waals surface area contributed by atoms with Crippen LogP contribution in [0.15, 0.2) is 12.2 Å². The van der Waals surface area contributed by atoms with Gasteiger partial charge in [-0.05, 0) is 19.8 Å². The normalized spacial score (nSPS) is 12.6. The molecular weight excluding hydrogens is 150 g/mol. The Kier molecular flexibility index (Phi) is 5.64. The fourth-order valence-corrected chi connectivity index (χ4v) is 0.881. The van der Waals surface area contributed by atoms with Gasteiger partial charge in [-0.15, -0.1) is 0 Å². The van der Waals surface area contributed by atoms with Gasteiger partial charge in [0, 0.05) is 18.9 Å². The molecule has 0 radical (unpaired) electrons. The van der Waals surface area contributed by atoms with E-state index >= 15 is 0 Å². The van der Waals surface area contributed by atoms with Gasteiger partial charge in [0.25, 0.3) is 0 Å². The van der Waals surface area contributed by atoms with E-state index in [1.165, 1.54) is 0 Å². The van der Waals surface area contributed by atoms with Gasteiger partial charge in [-0.2, -0.15) is 0 Å². The van der Waals surface area contributed by atoms with Crippen LogP contribution in [0.25, 0.3) is 0 Å². The lowest BCUT2D eigenvalue weighted by Gasteiger charge is -2.04. The number of Topliss-reactive ketones (excluding diaryl/α,β-unsaturated/α-hetero) is 1. The van der Waals surface area contributed by atoms with Crippen LogP contribution in [0.5, 0.6) is 0 Å². The van der Waals surface area contributed by atoms with Crippen molar-refractivity contribution in [2.45, 2.75) is 45.6 Å². The Bertz CT molecular complexity index is 161. The number of ketones is 1. The van der Waals surface area contributed by atoms with Crippen LogP contribution in [-0.2, 0) is 4.79 Å². The average molecular weight is 169 g/mol. The maximum atomic E-state index is 11.2. The maximum Gasteiger partial charge on any atom is 0.136 e. The third-order valence-corrected chi connectivity index (χ3v) is 1.83. The Labute approximate surface area is 74.8 Å². The van der Waals surface area contributed by atoms with E-state index in [1.54, 1.807) is 0 Å². The summed E-state index contributed by atoms with van der Waals surface area (Å²) in [5, 5.41) is 0. The van der Waals surface area contributed by atoms with Crippen LogP contribution in [0.4, 0.5) is 0 Å². The Morgan fingerprint density at radius 1 is 1.58 bits per heavy atom. The van der Waals surface area contributed by atoms with E-state index in [-0.39, 0.29) is 11.8 Å². The van der Waals surface area contributed by atoms with Crippen LogP contribution in [0.2, 0.25) is 0 Å². The monoisotopic (exact) mass is 169 g/mol. The molecule has 2 nitrogen and oxygen atoms in total. The predicted molar refractivity (Wildman–Crippen MR) is 51.9 cm³/mol. The Hall–Kier alpha value is -0.630. The first kappa shape index (κ1) is 11.4. The molecule has 2 heteroatoms. The summed E-state index contributed by atoms with van der Waals surface area (Å²) in [4.78, 5) is 11.2. The highest BCUT2D eigenvalue weighted by Crippen LogP contribution is 2.07. The molecule has 0 rings (SSSR count). The van der Waals surface area contributed by atoms with Crippen LogP contribution >= 0.6 is 0 Å². The molecule has 1 unspecified atom stereocenters. The lowest BCUT2D eigenvalue weighted by Crippen LogP contribution is -2.16. The summed E-state index contributed by atoms with van der Waals surface area (Å²) in [5.41, 5.74) is 6.55. The van der Waals surface area contributed by atoms with Crippen molar-refractivity contribution in [3.63, 3.8) is 0 Å². The second-order valence-electron chi connectivity index (χ2n) is 3.33. The van der Waals surface area contributed by atoms with Crippen molar-refractivity contribution in [2.24, 2.45) is 5.73 Å². The molecule has 0 aromatic rings. The van der Waals surface area contributed by atoms with Crippen molar-refractivity contribution in [3.05, 3.63) is 12.2 Å². The molecule has 1 atom stereocenters. The molecule has 12 heavy (non-hydrogen) atoms. The van der Waals surface area contributed by atoms with Gasteiger partial charge in [0.05, 0.1) is 0 Å². The van der Waals surface area contributed by atoms with Gasteiger partial charge in [-0.25, -0.2) is 0 Å². The van der Waals surface area contributed by atoms with Gasteiger partial charge < -0.3 is 5.73 Å². The first-order valence-corrected chi connectivity index (χ1v) is 4.50. The molecule has 0 aromatic carbocycles. The first-order valence-electron chi connectivity index (χ1n) is 4.50. The summed E-state index contributed by atoms with van der Waals surface area (Å²) in [6.07, 6.45) is 2.81. The summed E-state index contributed by atoms with van der Waals surface area (Å²) in [7, 11) is 0. The first-order chi connectivity index (χ1) is 5.56. The van der Waals surface area contributed by atoms with Crippen molar-refractivity contribution in [2.75, 3.05) is 0 Å². The van der Waals surface area contributed by atoms with Crippen molar-refractivity contribution in [3.8, 4) is 0 Å². The summed E-state index contributed by atoms with van der Waals surface area (Å²) >= 11 is 0. The third kappa shape index (κ3) is 6.10. The van der Waals surface area contributed by atoms with Crippen LogP contribution in [-0.4, -0.2) is 11.8 Å².